The van der Waals surface area contributed by atoms with Gasteiger partial charge in [-0.3, -0.25) is 4.79 Å². The van der Waals surface area contributed by atoms with Crippen molar-refractivity contribution in [2.45, 2.75) is 0 Å². The van der Waals surface area contributed by atoms with Crippen LogP contribution >= 0.6 is 35.0 Å². The Bertz CT molecular complexity index is 1260. The number of amides is 1. The summed E-state index contributed by atoms with van der Waals surface area (Å²) in [6.07, 6.45) is 7.13. The standard InChI is InChI=1S/C23H14Cl2N2O2S/c1-2-12-29-19-11-10-14-6-3-4-7-15(14)16(19)13-20-22(28)27-23(30-20)26-18-9-5-8-17(24)21(18)25/h1,3-11,13H,12H2,(H,26,27,28)/b20-13+. The molecule has 148 valence electrons. The summed E-state index contributed by atoms with van der Waals surface area (Å²) in [6.45, 7) is 0.133. The van der Waals surface area contributed by atoms with E-state index in [4.69, 9.17) is 34.4 Å². The second kappa shape index (κ2) is 8.85. The van der Waals surface area contributed by atoms with E-state index in [0.717, 1.165) is 16.3 Å². The highest BCUT2D eigenvalue weighted by Crippen LogP contribution is 2.36. The Balaban J connectivity index is 1.74. The summed E-state index contributed by atoms with van der Waals surface area (Å²) in [5.41, 5.74) is 1.26. The number of benzene rings is 3. The van der Waals surface area contributed by atoms with Crippen LogP contribution in [0.2, 0.25) is 10.0 Å². The molecule has 0 bridgehead atoms. The van der Waals surface area contributed by atoms with Crippen LogP contribution in [0.3, 0.4) is 0 Å². The minimum Gasteiger partial charge on any atom is -0.480 e. The molecule has 0 aromatic heterocycles. The molecule has 3 aromatic carbocycles. The molecule has 0 radical (unpaired) electrons. The fourth-order valence-corrected chi connectivity index (χ4v) is 4.12. The molecule has 7 heteroatoms. The van der Waals surface area contributed by atoms with E-state index in [1.165, 1.54) is 11.8 Å². The smallest absolute Gasteiger partial charge is 0.264 e. The van der Waals surface area contributed by atoms with Crippen LogP contribution in [0.25, 0.3) is 16.8 Å². The Morgan fingerprint density at radius 1 is 1.13 bits per heavy atom. The third-order valence-electron chi connectivity index (χ3n) is 4.32. The van der Waals surface area contributed by atoms with Crippen molar-refractivity contribution in [3.05, 3.63) is 75.1 Å². The van der Waals surface area contributed by atoms with Gasteiger partial charge in [0.15, 0.2) is 5.17 Å². The van der Waals surface area contributed by atoms with Crippen LogP contribution in [0.1, 0.15) is 5.56 Å². The molecule has 1 amide bonds. The minimum absolute atomic E-state index is 0.133. The highest BCUT2D eigenvalue weighted by atomic mass is 35.5. The van der Waals surface area contributed by atoms with Crippen molar-refractivity contribution >= 4 is 68.6 Å². The molecule has 1 fully saturated rings. The summed E-state index contributed by atoms with van der Waals surface area (Å²) in [4.78, 5) is 17.5. The number of hydrogen-bond donors (Lipinski definition) is 1. The molecule has 0 saturated carbocycles. The molecular weight excluding hydrogens is 439 g/mol. The largest absolute Gasteiger partial charge is 0.480 e. The van der Waals surface area contributed by atoms with Gasteiger partial charge in [-0.1, -0.05) is 65.5 Å². The number of thioether (sulfide) groups is 1. The number of aliphatic imine (C=N–C) groups is 1. The lowest BCUT2D eigenvalue weighted by Crippen LogP contribution is -2.19. The second-order valence-electron chi connectivity index (χ2n) is 6.25. The van der Waals surface area contributed by atoms with Gasteiger partial charge < -0.3 is 10.1 Å². The summed E-state index contributed by atoms with van der Waals surface area (Å²) >= 11 is 13.5. The topological polar surface area (TPSA) is 50.7 Å². The summed E-state index contributed by atoms with van der Waals surface area (Å²) in [5, 5.41) is 5.89. The third kappa shape index (κ3) is 4.17. The third-order valence-corrected chi connectivity index (χ3v) is 6.04. The second-order valence-corrected chi connectivity index (χ2v) is 8.06. The van der Waals surface area contributed by atoms with E-state index in [2.05, 4.69) is 16.2 Å². The van der Waals surface area contributed by atoms with E-state index < -0.39 is 0 Å². The monoisotopic (exact) mass is 452 g/mol. The van der Waals surface area contributed by atoms with E-state index in [1.54, 1.807) is 24.3 Å². The number of carbonyl (C=O) groups is 1. The molecule has 0 unspecified atom stereocenters. The van der Waals surface area contributed by atoms with Gasteiger partial charge in [0.2, 0.25) is 0 Å². The number of amidine groups is 1. The summed E-state index contributed by atoms with van der Waals surface area (Å²) < 4.78 is 5.71. The van der Waals surface area contributed by atoms with Crippen LogP contribution in [-0.4, -0.2) is 17.7 Å². The Kier molecular flexibility index (Phi) is 6.01. The van der Waals surface area contributed by atoms with Crippen molar-refractivity contribution in [1.82, 2.24) is 5.32 Å². The van der Waals surface area contributed by atoms with E-state index in [1.807, 2.05) is 36.4 Å². The predicted octanol–water partition coefficient (Wildman–Crippen LogP) is 6.05. The molecule has 1 aliphatic heterocycles. The zero-order chi connectivity index (χ0) is 21.1. The zero-order valence-corrected chi connectivity index (χ0v) is 17.8. The quantitative estimate of drug-likeness (QED) is 0.387. The van der Waals surface area contributed by atoms with Crippen molar-refractivity contribution < 1.29 is 9.53 Å². The number of rotatable bonds is 4. The van der Waals surface area contributed by atoms with Crippen molar-refractivity contribution in [3.8, 4) is 18.1 Å². The average Bonchev–Trinajstić information content (AvgIpc) is 3.09. The Hall–Kier alpha value is -2.91. The van der Waals surface area contributed by atoms with Crippen molar-refractivity contribution in [3.63, 3.8) is 0 Å². The van der Waals surface area contributed by atoms with Gasteiger partial charge in [-0.2, -0.15) is 0 Å². The normalized spacial score (nSPS) is 16.1. The number of fused-ring (bicyclic) bond motifs is 1. The first-order chi connectivity index (χ1) is 14.6. The maximum atomic E-state index is 12.6. The molecule has 1 heterocycles. The predicted molar refractivity (Wildman–Crippen MR) is 126 cm³/mol. The number of hydrogen-bond acceptors (Lipinski definition) is 4. The minimum atomic E-state index is -0.257. The van der Waals surface area contributed by atoms with Crippen molar-refractivity contribution in [2.24, 2.45) is 4.99 Å². The van der Waals surface area contributed by atoms with Crippen LogP contribution in [0.4, 0.5) is 5.69 Å². The first-order valence-corrected chi connectivity index (χ1v) is 10.5. The maximum absolute atomic E-state index is 12.6. The van der Waals surface area contributed by atoms with E-state index in [9.17, 15) is 4.79 Å². The van der Waals surface area contributed by atoms with Gasteiger partial charge in [0.05, 0.1) is 20.6 Å². The first kappa shape index (κ1) is 20.4. The lowest BCUT2D eigenvalue weighted by Gasteiger charge is -2.10. The molecule has 4 rings (SSSR count). The van der Waals surface area contributed by atoms with Gasteiger partial charge in [-0.05, 0) is 46.8 Å². The van der Waals surface area contributed by atoms with Crippen molar-refractivity contribution in [1.29, 1.82) is 0 Å². The lowest BCUT2D eigenvalue weighted by atomic mass is 10.0. The van der Waals surface area contributed by atoms with E-state index >= 15 is 0 Å². The van der Waals surface area contributed by atoms with Crippen LogP contribution in [-0.2, 0) is 4.79 Å². The Morgan fingerprint density at radius 2 is 1.97 bits per heavy atom. The molecule has 0 spiro atoms. The molecular formula is C23H14Cl2N2O2S. The van der Waals surface area contributed by atoms with Crippen LogP contribution < -0.4 is 10.1 Å². The van der Waals surface area contributed by atoms with Crippen LogP contribution in [0.15, 0.2) is 64.5 Å². The van der Waals surface area contributed by atoms with Crippen molar-refractivity contribution in [2.75, 3.05) is 6.61 Å². The van der Waals surface area contributed by atoms with Gasteiger partial charge in [0, 0.05) is 5.56 Å². The van der Waals surface area contributed by atoms with E-state index in [0.29, 0.717) is 31.6 Å². The van der Waals surface area contributed by atoms with Gasteiger partial charge in [-0.15, -0.1) is 6.42 Å². The summed E-state index contributed by atoms with van der Waals surface area (Å²) in [7, 11) is 0. The number of ether oxygens (including phenoxy) is 1. The Morgan fingerprint density at radius 3 is 2.80 bits per heavy atom. The molecule has 1 N–H and O–H groups in total. The lowest BCUT2D eigenvalue weighted by molar-refractivity contribution is -0.115. The van der Waals surface area contributed by atoms with E-state index in [-0.39, 0.29) is 12.5 Å². The number of nitrogens with one attached hydrogen (secondary N) is 1. The zero-order valence-electron chi connectivity index (χ0n) is 15.5. The fraction of sp³-hybridized carbons (Fsp3) is 0.0435. The molecule has 1 saturated heterocycles. The summed E-state index contributed by atoms with van der Waals surface area (Å²) in [5.74, 6) is 2.82. The highest BCUT2D eigenvalue weighted by Gasteiger charge is 2.25. The maximum Gasteiger partial charge on any atom is 0.264 e. The number of terminal acetylenes is 1. The number of nitrogens with zero attached hydrogens (tertiary/aromatic N) is 1. The average molecular weight is 453 g/mol. The summed E-state index contributed by atoms with van der Waals surface area (Å²) in [6, 6.07) is 16.8. The Labute approximate surface area is 187 Å². The first-order valence-electron chi connectivity index (χ1n) is 8.88. The van der Waals surface area contributed by atoms with Gasteiger partial charge >= 0.3 is 0 Å². The van der Waals surface area contributed by atoms with Gasteiger partial charge in [-0.25, -0.2) is 4.99 Å². The number of carbonyl (C=O) groups excluding carboxylic acids is 1. The molecule has 1 aliphatic rings. The van der Waals surface area contributed by atoms with Crippen LogP contribution in [0, 0.1) is 12.3 Å². The highest BCUT2D eigenvalue weighted by molar-refractivity contribution is 8.18. The van der Waals surface area contributed by atoms with Crippen LogP contribution in [0.5, 0.6) is 5.75 Å². The molecule has 3 aromatic rings. The molecule has 0 atom stereocenters. The molecule has 4 nitrogen and oxygen atoms in total. The fourth-order valence-electron chi connectivity index (χ4n) is 2.97. The molecule has 30 heavy (non-hydrogen) atoms. The van der Waals surface area contributed by atoms with Gasteiger partial charge in [0.25, 0.3) is 5.91 Å². The number of halogens is 2. The SMILES string of the molecule is C#CCOc1ccc2ccccc2c1/C=C1/SC(=Nc2cccc(Cl)c2Cl)NC1=O. The van der Waals surface area contributed by atoms with Gasteiger partial charge in [0.1, 0.15) is 12.4 Å². The molecule has 0 aliphatic carbocycles.